The van der Waals surface area contributed by atoms with Gasteiger partial charge in [0.1, 0.15) is 0 Å². The van der Waals surface area contributed by atoms with Crippen molar-refractivity contribution < 1.29 is 14.6 Å². The molecule has 0 bridgehead atoms. The van der Waals surface area contributed by atoms with Crippen LogP contribution in [0.25, 0.3) is 0 Å². The Kier molecular flexibility index (Phi) is 4.57. The molecule has 0 aromatic rings. The molecule has 1 atom stereocenters. The van der Waals surface area contributed by atoms with Gasteiger partial charge in [-0.1, -0.05) is 22.5 Å². The molecule has 1 heterocycles. The summed E-state index contributed by atoms with van der Waals surface area (Å²) in [6, 6.07) is 0. The average molecular weight is 264 g/mol. The van der Waals surface area contributed by atoms with Crippen LogP contribution in [0, 0.1) is 0 Å². The van der Waals surface area contributed by atoms with E-state index in [4.69, 9.17) is 9.84 Å². The van der Waals surface area contributed by atoms with E-state index >= 15 is 0 Å². The fraction of sp³-hybridized carbons (Fsp3) is 0.667. The molecule has 0 aromatic heterocycles. The van der Waals surface area contributed by atoms with Gasteiger partial charge < -0.3 is 9.84 Å². The Morgan fingerprint density at radius 1 is 1.71 bits per heavy atom. The number of hydrogen-bond donors (Lipinski definition) is 1. The summed E-state index contributed by atoms with van der Waals surface area (Å²) in [5.74, 6) is -0.811. The van der Waals surface area contributed by atoms with E-state index < -0.39 is 5.97 Å². The van der Waals surface area contributed by atoms with Gasteiger partial charge in [0.15, 0.2) is 0 Å². The molecule has 80 valence electrons. The third kappa shape index (κ3) is 4.21. The number of morpholine rings is 1. The number of nitrogens with zero attached hydrogens (tertiary/aromatic N) is 1. The molecule has 1 unspecified atom stereocenters. The van der Waals surface area contributed by atoms with Crippen molar-refractivity contribution in [3.63, 3.8) is 0 Å². The molecular formula is C9H14BrNO3. The zero-order valence-corrected chi connectivity index (χ0v) is 9.49. The molecule has 14 heavy (non-hydrogen) atoms. The van der Waals surface area contributed by atoms with Gasteiger partial charge in [0, 0.05) is 24.1 Å². The third-order valence-corrected chi connectivity index (χ3v) is 2.27. The minimum Gasteiger partial charge on any atom is -0.481 e. The first-order valence-corrected chi connectivity index (χ1v) is 5.26. The standard InChI is InChI=1S/C9H14BrNO3/c1-7(10)5-11-2-3-14-8(6-11)4-9(12)13/h8H,1-6H2,(H,12,13). The molecule has 1 N–H and O–H groups in total. The van der Waals surface area contributed by atoms with Crippen LogP contribution in [-0.2, 0) is 9.53 Å². The fourth-order valence-electron chi connectivity index (χ4n) is 1.48. The summed E-state index contributed by atoms with van der Waals surface area (Å²) in [4.78, 5) is 12.6. The monoisotopic (exact) mass is 263 g/mol. The topological polar surface area (TPSA) is 49.8 Å². The van der Waals surface area contributed by atoms with Crippen molar-refractivity contribution in [2.45, 2.75) is 12.5 Å². The summed E-state index contributed by atoms with van der Waals surface area (Å²) < 4.78 is 6.24. The Morgan fingerprint density at radius 3 is 3.00 bits per heavy atom. The SMILES string of the molecule is C=C(Br)CN1CCOC(CC(=O)O)C1. The second kappa shape index (κ2) is 5.48. The molecule has 0 aliphatic carbocycles. The largest absolute Gasteiger partial charge is 0.481 e. The highest BCUT2D eigenvalue weighted by Gasteiger charge is 2.22. The van der Waals surface area contributed by atoms with Crippen molar-refractivity contribution >= 4 is 21.9 Å². The molecule has 4 nitrogen and oxygen atoms in total. The van der Waals surface area contributed by atoms with Crippen LogP contribution in [-0.4, -0.2) is 48.3 Å². The number of aliphatic carboxylic acids is 1. The predicted octanol–water partition coefficient (Wildman–Crippen LogP) is 1.07. The quantitative estimate of drug-likeness (QED) is 0.825. The highest BCUT2D eigenvalue weighted by atomic mass is 79.9. The normalized spacial score (nSPS) is 23.4. The maximum absolute atomic E-state index is 10.5. The van der Waals surface area contributed by atoms with E-state index in [1.807, 2.05) is 0 Å². The van der Waals surface area contributed by atoms with E-state index in [1.165, 1.54) is 0 Å². The minimum absolute atomic E-state index is 0.0747. The van der Waals surface area contributed by atoms with Gasteiger partial charge in [0.05, 0.1) is 19.1 Å². The number of ether oxygens (including phenoxy) is 1. The first kappa shape index (κ1) is 11.7. The second-order valence-electron chi connectivity index (χ2n) is 3.34. The molecule has 0 aromatic carbocycles. The fourth-order valence-corrected chi connectivity index (χ4v) is 1.84. The van der Waals surface area contributed by atoms with E-state index in [2.05, 4.69) is 27.4 Å². The molecule has 1 aliphatic heterocycles. The summed E-state index contributed by atoms with van der Waals surface area (Å²) >= 11 is 3.29. The first-order chi connectivity index (χ1) is 6.58. The lowest BCUT2D eigenvalue weighted by atomic mass is 10.2. The van der Waals surface area contributed by atoms with Crippen LogP contribution in [0.5, 0.6) is 0 Å². The Bertz CT molecular complexity index is 210. The van der Waals surface area contributed by atoms with Gasteiger partial charge in [-0.2, -0.15) is 0 Å². The van der Waals surface area contributed by atoms with Gasteiger partial charge >= 0.3 is 5.97 Å². The second-order valence-corrected chi connectivity index (χ2v) is 4.46. The molecule has 0 saturated carbocycles. The summed E-state index contributed by atoms with van der Waals surface area (Å²) in [7, 11) is 0. The predicted molar refractivity (Wildman–Crippen MR) is 56.5 cm³/mol. The number of carbonyl (C=O) groups is 1. The number of rotatable bonds is 4. The number of halogens is 1. The van der Waals surface area contributed by atoms with E-state index in [1.54, 1.807) is 0 Å². The highest BCUT2D eigenvalue weighted by molar-refractivity contribution is 9.11. The summed E-state index contributed by atoms with van der Waals surface area (Å²) in [6.45, 7) is 6.60. The highest BCUT2D eigenvalue weighted by Crippen LogP contribution is 2.12. The van der Waals surface area contributed by atoms with Crippen LogP contribution in [0.1, 0.15) is 6.42 Å². The molecule has 0 amide bonds. The van der Waals surface area contributed by atoms with Crippen molar-refractivity contribution in [2.75, 3.05) is 26.2 Å². The number of carboxylic acids is 1. The molecule has 1 rings (SSSR count). The lowest BCUT2D eigenvalue weighted by Gasteiger charge is -2.31. The van der Waals surface area contributed by atoms with Crippen molar-refractivity contribution in [3.05, 3.63) is 11.1 Å². The Balaban J connectivity index is 2.35. The summed E-state index contributed by atoms with van der Waals surface area (Å²) in [5, 5.41) is 8.61. The molecule has 1 fully saturated rings. The zero-order chi connectivity index (χ0) is 10.6. The molecule has 0 radical (unpaired) electrons. The van der Waals surface area contributed by atoms with Crippen molar-refractivity contribution in [2.24, 2.45) is 0 Å². The van der Waals surface area contributed by atoms with Gasteiger partial charge in [-0.15, -0.1) is 0 Å². The summed E-state index contributed by atoms with van der Waals surface area (Å²) in [5.41, 5.74) is 0. The van der Waals surface area contributed by atoms with Crippen LogP contribution >= 0.6 is 15.9 Å². The van der Waals surface area contributed by atoms with Gasteiger partial charge in [-0.3, -0.25) is 9.69 Å². The van der Waals surface area contributed by atoms with E-state index in [0.29, 0.717) is 13.2 Å². The van der Waals surface area contributed by atoms with Crippen LogP contribution in [0.2, 0.25) is 0 Å². The third-order valence-electron chi connectivity index (χ3n) is 2.02. The maximum Gasteiger partial charge on any atom is 0.306 e. The molecule has 5 heteroatoms. The lowest BCUT2D eigenvalue weighted by Crippen LogP contribution is -2.43. The first-order valence-electron chi connectivity index (χ1n) is 4.47. The Hall–Kier alpha value is -0.390. The van der Waals surface area contributed by atoms with E-state index in [9.17, 15) is 4.79 Å². The van der Waals surface area contributed by atoms with Crippen LogP contribution in [0.3, 0.4) is 0 Å². The average Bonchev–Trinajstić information content (AvgIpc) is 2.01. The smallest absolute Gasteiger partial charge is 0.306 e. The summed E-state index contributed by atoms with van der Waals surface area (Å²) in [6.07, 6.45) is -0.112. The number of carboxylic acid groups (broad SMARTS) is 1. The Labute approximate surface area is 91.7 Å². The van der Waals surface area contributed by atoms with Gasteiger partial charge in [0.2, 0.25) is 0 Å². The van der Waals surface area contributed by atoms with Crippen LogP contribution < -0.4 is 0 Å². The van der Waals surface area contributed by atoms with Crippen molar-refractivity contribution in [1.82, 2.24) is 4.90 Å². The molecule has 1 aliphatic rings. The van der Waals surface area contributed by atoms with E-state index in [0.717, 1.165) is 17.6 Å². The molecule has 1 saturated heterocycles. The van der Waals surface area contributed by atoms with Crippen LogP contribution in [0.4, 0.5) is 0 Å². The van der Waals surface area contributed by atoms with Crippen molar-refractivity contribution in [3.8, 4) is 0 Å². The maximum atomic E-state index is 10.5. The lowest BCUT2D eigenvalue weighted by molar-refractivity contribution is -0.142. The van der Waals surface area contributed by atoms with Gasteiger partial charge in [-0.25, -0.2) is 0 Å². The Morgan fingerprint density at radius 2 is 2.43 bits per heavy atom. The van der Waals surface area contributed by atoms with Gasteiger partial charge in [-0.05, 0) is 0 Å². The van der Waals surface area contributed by atoms with E-state index in [-0.39, 0.29) is 12.5 Å². The molecular weight excluding hydrogens is 250 g/mol. The minimum atomic E-state index is -0.811. The number of hydrogen-bond acceptors (Lipinski definition) is 3. The molecule has 0 spiro atoms. The van der Waals surface area contributed by atoms with Crippen molar-refractivity contribution in [1.29, 1.82) is 0 Å². The zero-order valence-electron chi connectivity index (χ0n) is 7.91. The van der Waals surface area contributed by atoms with Crippen LogP contribution in [0.15, 0.2) is 11.1 Å². The van der Waals surface area contributed by atoms with Gasteiger partial charge in [0.25, 0.3) is 0 Å².